The third-order valence-corrected chi connectivity index (χ3v) is 3.03. The van der Waals surface area contributed by atoms with E-state index in [1.54, 1.807) is 25.3 Å². The molecule has 4 nitrogen and oxygen atoms in total. The molecule has 18 heavy (non-hydrogen) atoms. The van der Waals surface area contributed by atoms with Crippen molar-refractivity contribution in [1.82, 2.24) is 0 Å². The normalized spacial score (nSPS) is 15.2. The summed E-state index contributed by atoms with van der Waals surface area (Å²) < 4.78 is 15.9. The van der Waals surface area contributed by atoms with Crippen LogP contribution >= 0.6 is 0 Å². The van der Waals surface area contributed by atoms with Gasteiger partial charge in [-0.25, -0.2) is 0 Å². The van der Waals surface area contributed by atoms with Gasteiger partial charge in [0.2, 0.25) is 0 Å². The number of fused-ring (bicyclic) bond motifs is 1. The van der Waals surface area contributed by atoms with Crippen molar-refractivity contribution in [3.05, 3.63) is 23.8 Å². The minimum Gasteiger partial charge on any atom is -0.486 e. The summed E-state index contributed by atoms with van der Waals surface area (Å²) in [5.74, 6) is 1.44. The summed E-state index contributed by atoms with van der Waals surface area (Å²) in [5, 5.41) is 0. The number of methoxy groups -OCH3 is 1. The lowest BCUT2D eigenvalue weighted by Crippen LogP contribution is -2.17. The molecule has 0 aromatic heterocycles. The first kappa shape index (κ1) is 12.9. The van der Waals surface area contributed by atoms with Crippen molar-refractivity contribution >= 4 is 5.78 Å². The lowest BCUT2D eigenvalue weighted by molar-refractivity contribution is 0.0892. The van der Waals surface area contributed by atoms with Gasteiger partial charge in [-0.05, 0) is 24.6 Å². The Kier molecular flexibility index (Phi) is 4.20. The molecular weight excluding hydrogens is 232 g/mol. The lowest BCUT2D eigenvalue weighted by atomic mass is 9.96. The fourth-order valence-electron chi connectivity index (χ4n) is 1.91. The Morgan fingerprint density at radius 1 is 1.33 bits per heavy atom. The highest BCUT2D eigenvalue weighted by Gasteiger charge is 2.18. The number of Topliss-reactive ketones (excluding diaryl/α,β-unsaturated/α-hetero) is 1. The Morgan fingerprint density at radius 2 is 2.06 bits per heavy atom. The monoisotopic (exact) mass is 250 g/mol. The Bertz CT molecular complexity index is 428. The number of carbonyl (C=O) groups is 1. The molecule has 1 heterocycles. The standard InChI is InChI=1S/C14H18O4/c1-10(5-6-16-2)14(15)11-3-4-12-13(9-11)18-8-7-17-12/h3-4,9-10H,5-8H2,1-2H3. The number of hydrogen-bond donors (Lipinski definition) is 0. The van der Waals surface area contributed by atoms with Gasteiger partial charge in [0, 0.05) is 25.2 Å². The number of rotatable bonds is 5. The van der Waals surface area contributed by atoms with Gasteiger partial charge in [0.1, 0.15) is 13.2 Å². The molecule has 1 unspecified atom stereocenters. The molecule has 1 aromatic rings. The summed E-state index contributed by atoms with van der Waals surface area (Å²) in [5.41, 5.74) is 0.669. The molecule has 98 valence electrons. The van der Waals surface area contributed by atoms with E-state index in [9.17, 15) is 4.79 Å². The van der Waals surface area contributed by atoms with Gasteiger partial charge in [-0.1, -0.05) is 6.92 Å². The van der Waals surface area contributed by atoms with Gasteiger partial charge < -0.3 is 14.2 Å². The van der Waals surface area contributed by atoms with Crippen molar-refractivity contribution < 1.29 is 19.0 Å². The molecule has 4 heteroatoms. The molecule has 0 aliphatic carbocycles. The van der Waals surface area contributed by atoms with Gasteiger partial charge in [0.05, 0.1) is 0 Å². The van der Waals surface area contributed by atoms with Crippen molar-refractivity contribution in [3.63, 3.8) is 0 Å². The van der Waals surface area contributed by atoms with Crippen LogP contribution < -0.4 is 9.47 Å². The summed E-state index contributed by atoms with van der Waals surface area (Å²) in [4.78, 5) is 12.2. The zero-order valence-corrected chi connectivity index (χ0v) is 10.8. The van der Waals surface area contributed by atoms with Crippen LogP contribution in [0.3, 0.4) is 0 Å². The fraction of sp³-hybridized carbons (Fsp3) is 0.500. The van der Waals surface area contributed by atoms with E-state index < -0.39 is 0 Å². The molecule has 1 aliphatic heterocycles. The number of ketones is 1. The Labute approximate surface area is 107 Å². The summed E-state index contributed by atoms with van der Waals surface area (Å²) in [6.07, 6.45) is 0.726. The molecule has 0 fully saturated rings. The Morgan fingerprint density at radius 3 is 2.78 bits per heavy atom. The first-order chi connectivity index (χ1) is 8.72. The highest BCUT2D eigenvalue weighted by Crippen LogP contribution is 2.31. The average Bonchev–Trinajstić information content (AvgIpc) is 2.43. The first-order valence-corrected chi connectivity index (χ1v) is 6.15. The van der Waals surface area contributed by atoms with E-state index in [2.05, 4.69) is 0 Å². The van der Waals surface area contributed by atoms with Gasteiger partial charge in [0.25, 0.3) is 0 Å². The molecule has 1 aliphatic rings. The first-order valence-electron chi connectivity index (χ1n) is 6.15. The van der Waals surface area contributed by atoms with Crippen LogP contribution in [0.5, 0.6) is 11.5 Å². The van der Waals surface area contributed by atoms with Gasteiger partial charge in [0.15, 0.2) is 17.3 Å². The van der Waals surface area contributed by atoms with Crippen LogP contribution in [0.4, 0.5) is 0 Å². The van der Waals surface area contributed by atoms with Crippen molar-refractivity contribution in [1.29, 1.82) is 0 Å². The van der Waals surface area contributed by atoms with Gasteiger partial charge in [-0.15, -0.1) is 0 Å². The molecular formula is C14H18O4. The number of carbonyl (C=O) groups excluding carboxylic acids is 1. The third-order valence-electron chi connectivity index (χ3n) is 3.03. The van der Waals surface area contributed by atoms with Gasteiger partial charge in [-0.3, -0.25) is 4.79 Å². The van der Waals surface area contributed by atoms with E-state index >= 15 is 0 Å². The summed E-state index contributed by atoms with van der Waals surface area (Å²) in [6.45, 7) is 3.60. The highest BCUT2D eigenvalue weighted by atomic mass is 16.6. The van der Waals surface area contributed by atoms with Crippen LogP contribution in [0, 0.1) is 5.92 Å². The number of hydrogen-bond acceptors (Lipinski definition) is 4. The van der Waals surface area contributed by atoms with E-state index in [0.717, 1.165) is 6.42 Å². The quantitative estimate of drug-likeness (QED) is 0.752. The molecule has 0 saturated heterocycles. The van der Waals surface area contributed by atoms with Gasteiger partial charge >= 0.3 is 0 Å². The topological polar surface area (TPSA) is 44.8 Å². The van der Waals surface area contributed by atoms with Crippen molar-refractivity contribution in [3.8, 4) is 11.5 Å². The zero-order valence-electron chi connectivity index (χ0n) is 10.8. The van der Waals surface area contributed by atoms with Crippen LogP contribution in [0.1, 0.15) is 23.7 Å². The maximum absolute atomic E-state index is 12.2. The van der Waals surface area contributed by atoms with Crippen LogP contribution in [0.2, 0.25) is 0 Å². The predicted molar refractivity (Wildman–Crippen MR) is 67.4 cm³/mol. The highest BCUT2D eigenvalue weighted by molar-refractivity contribution is 5.98. The fourth-order valence-corrected chi connectivity index (χ4v) is 1.91. The number of ether oxygens (including phenoxy) is 3. The second-order valence-electron chi connectivity index (χ2n) is 4.41. The van der Waals surface area contributed by atoms with E-state index in [1.807, 2.05) is 6.92 Å². The van der Waals surface area contributed by atoms with Crippen molar-refractivity contribution in [2.75, 3.05) is 26.9 Å². The molecule has 0 N–H and O–H groups in total. The third kappa shape index (κ3) is 2.82. The van der Waals surface area contributed by atoms with Gasteiger partial charge in [-0.2, -0.15) is 0 Å². The molecule has 0 radical (unpaired) electrons. The van der Waals surface area contributed by atoms with E-state index in [-0.39, 0.29) is 11.7 Å². The zero-order chi connectivity index (χ0) is 13.0. The van der Waals surface area contributed by atoms with E-state index in [4.69, 9.17) is 14.2 Å². The minimum absolute atomic E-state index is 0.0486. The van der Waals surface area contributed by atoms with Crippen LogP contribution in [-0.2, 0) is 4.74 Å². The lowest BCUT2D eigenvalue weighted by Gasteiger charge is -2.19. The molecule has 2 rings (SSSR count). The molecule has 1 atom stereocenters. The molecule has 0 spiro atoms. The van der Waals surface area contributed by atoms with Crippen LogP contribution in [0.25, 0.3) is 0 Å². The minimum atomic E-state index is -0.0486. The maximum atomic E-state index is 12.2. The van der Waals surface area contributed by atoms with Crippen LogP contribution in [0.15, 0.2) is 18.2 Å². The van der Waals surface area contributed by atoms with E-state index in [0.29, 0.717) is 36.9 Å². The molecule has 1 aromatic carbocycles. The summed E-state index contributed by atoms with van der Waals surface area (Å²) >= 11 is 0. The van der Waals surface area contributed by atoms with Crippen LogP contribution in [-0.4, -0.2) is 32.7 Å². The smallest absolute Gasteiger partial charge is 0.165 e. The molecule has 0 bridgehead atoms. The van der Waals surface area contributed by atoms with Crippen molar-refractivity contribution in [2.45, 2.75) is 13.3 Å². The second kappa shape index (κ2) is 5.87. The average molecular weight is 250 g/mol. The molecule has 0 saturated carbocycles. The van der Waals surface area contributed by atoms with E-state index in [1.165, 1.54) is 0 Å². The summed E-state index contributed by atoms with van der Waals surface area (Å²) in [7, 11) is 1.64. The molecule has 0 amide bonds. The maximum Gasteiger partial charge on any atom is 0.165 e. The Hall–Kier alpha value is -1.55. The van der Waals surface area contributed by atoms with Crippen molar-refractivity contribution in [2.24, 2.45) is 5.92 Å². The SMILES string of the molecule is COCCC(C)C(=O)c1ccc2c(c1)OCCO2. The summed E-state index contributed by atoms with van der Waals surface area (Å²) in [6, 6.07) is 5.35. The predicted octanol–water partition coefficient (Wildman–Crippen LogP) is 2.31. The largest absolute Gasteiger partial charge is 0.486 e. The Balaban J connectivity index is 2.10. The second-order valence-corrected chi connectivity index (χ2v) is 4.41. The number of benzene rings is 1.